The molecule has 82 valence electrons. The Bertz CT molecular complexity index is 197. The molecular weight excluding hydrogens is 180 g/mol. The number of allylic oxidation sites excluding steroid dienone is 1. The van der Waals surface area contributed by atoms with E-state index in [-0.39, 0.29) is 5.76 Å². The molecule has 0 aromatic heterocycles. The van der Waals surface area contributed by atoms with E-state index in [0.717, 1.165) is 18.9 Å². The van der Waals surface area contributed by atoms with Crippen LogP contribution in [-0.2, 0) is 9.53 Å². The van der Waals surface area contributed by atoms with Crippen LogP contribution < -0.4 is 0 Å². The Labute approximate surface area is 85.8 Å². The zero-order valence-corrected chi connectivity index (χ0v) is 9.25. The normalized spacial score (nSPS) is 13.8. The van der Waals surface area contributed by atoms with Crippen LogP contribution >= 0.6 is 0 Å². The standard InChI is InChI=1S/C11H20O3/c1-4-6-9(3)7-10(12)8-11(13)14-5-2/h8-9,12H,4-7H2,1-3H3/b10-8-/t9-/m1/s1. The fourth-order valence-electron chi connectivity index (χ4n) is 1.33. The van der Waals surface area contributed by atoms with Gasteiger partial charge in [-0.15, -0.1) is 0 Å². The average Bonchev–Trinajstić information content (AvgIpc) is 2.03. The molecular formula is C11H20O3. The lowest BCUT2D eigenvalue weighted by atomic mass is 10.0. The SMILES string of the molecule is CCC[C@@H](C)C/C(O)=C/C(=O)OCC. The zero-order chi connectivity index (χ0) is 11.0. The number of ether oxygens (including phenoxy) is 1. The quantitative estimate of drug-likeness (QED) is 0.407. The number of hydrogen-bond acceptors (Lipinski definition) is 3. The van der Waals surface area contributed by atoms with Gasteiger partial charge >= 0.3 is 5.97 Å². The first-order valence-corrected chi connectivity index (χ1v) is 5.16. The maximum Gasteiger partial charge on any atom is 0.334 e. The Kier molecular flexibility index (Phi) is 6.89. The van der Waals surface area contributed by atoms with E-state index in [4.69, 9.17) is 0 Å². The molecule has 0 amide bonds. The van der Waals surface area contributed by atoms with E-state index in [9.17, 15) is 9.90 Å². The Balaban J connectivity index is 3.92. The van der Waals surface area contributed by atoms with Crippen LogP contribution in [0.25, 0.3) is 0 Å². The number of carbonyl (C=O) groups is 1. The molecule has 0 saturated carbocycles. The Hall–Kier alpha value is -0.990. The highest BCUT2D eigenvalue weighted by atomic mass is 16.5. The second-order valence-electron chi connectivity index (χ2n) is 3.49. The number of carbonyl (C=O) groups excluding carboxylic acids is 1. The summed E-state index contributed by atoms with van der Waals surface area (Å²) in [6.45, 7) is 6.23. The number of aliphatic hydroxyl groups excluding tert-OH is 1. The fraction of sp³-hybridized carbons (Fsp3) is 0.727. The summed E-state index contributed by atoms with van der Waals surface area (Å²) in [4.78, 5) is 10.9. The fourth-order valence-corrected chi connectivity index (χ4v) is 1.33. The minimum atomic E-state index is -0.464. The van der Waals surface area contributed by atoms with Crippen LogP contribution in [0.4, 0.5) is 0 Å². The van der Waals surface area contributed by atoms with Crippen LogP contribution in [0.3, 0.4) is 0 Å². The summed E-state index contributed by atoms with van der Waals surface area (Å²) in [7, 11) is 0. The van der Waals surface area contributed by atoms with Crippen molar-refractivity contribution in [3.8, 4) is 0 Å². The van der Waals surface area contributed by atoms with Gasteiger partial charge in [-0.2, -0.15) is 0 Å². The highest BCUT2D eigenvalue weighted by molar-refractivity contribution is 5.82. The lowest BCUT2D eigenvalue weighted by molar-refractivity contribution is -0.137. The van der Waals surface area contributed by atoms with Crippen LogP contribution in [0.5, 0.6) is 0 Å². The minimum Gasteiger partial charge on any atom is -0.512 e. The van der Waals surface area contributed by atoms with Crippen molar-refractivity contribution >= 4 is 5.97 Å². The summed E-state index contributed by atoms with van der Waals surface area (Å²) in [5.41, 5.74) is 0. The summed E-state index contributed by atoms with van der Waals surface area (Å²) < 4.78 is 4.68. The molecule has 0 unspecified atom stereocenters. The molecule has 0 aliphatic rings. The monoisotopic (exact) mass is 200 g/mol. The molecule has 0 bridgehead atoms. The molecule has 1 atom stereocenters. The molecule has 0 aliphatic heterocycles. The van der Waals surface area contributed by atoms with Gasteiger partial charge in [0.2, 0.25) is 0 Å². The second kappa shape index (κ2) is 7.42. The third-order valence-electron chi connectivity index (χ3n) is 1.91. The molecule has 0 aromatic rings. The lowest BCUT2D eigenvalue weighted by Crippen LogP contribution is -2.03. The first-order valence-electron chi connectivity index (χ1n) is 5.16. The molecule has 0 spiro atoms. The van der Waals surface area contributed by atoms with Crippen LogP contribution in [0, 0.1) is 5.92 Å². The Morgan fingerprint density at radius 2 is 2.14 bits per heavy atom. The highest BCUT2D eigenvalue weighted by Crippen LogP contribution is 2.14. The maximum atomic E-state index is 10.9. The maximum absolute atomic E-state index is 10.9. The van der Waals surface area contributed by atoms with Crippen molar-refractivity contribution in [2.45, 2.75) is 40.0 Å². The first-order chi connectivity index (χ1) is 6.60. The van der Waals surface area contributed by atoms with Gasteiger partial charge in [-0.25, -0.2) is 4.79 Å². The molecule has 1 N–H and O–H groups in total. The molecule has 0 fully saturated rings. The van der Waals surface area contributed by atoms with Crippen molar-refractivity contribution in [2.75, 3.05) is 6.61 Å². The molecule has 3 nitrogen and oxygen atoms in total. The Morgan fingerprint density at radius 1 is 1.50 bits per heavy atom. The third-order valence-corrected chi connectivity index (χ3v) is 1.91. The van der Waals surface area contributed by atoms with E-state index in [1.165, 1.54) is 0 Å². The Morgan fingerprint density at radius 3 is 2.64 bits per heavy atom. The van der Waals surface area contributed by atoms with Gasteiger partial charge in [0.25, 0.3) is 0 Å². The number of esters is 1. The first kappa shape index (κ1) is 13.0. The highest BCUT2D eigenvalue weighted by Gasteiger charge is 2.06. The van der Waals surface area contributed by atoms with E-state index >= 15 is 0 Å². The van der Waals surface area contributed by atoms with E-state index in [2.05, 4.69) is 18.6 Å². The van der Waals surface area contributed by atoms with Gasteiger partial charge in [0.05, 0.1) is 18.4 Å². The van der Waals surface area contributed by atoms with Crippen molar-refractivity contribution in [1.82, 2.24) is 0 Å². The van der Waals surface area contributed by atoms with Gasteiger partial charge in [-0.3, -0.25) is 0 Å². The van der Waals surface area contributed by atoms with Gasteiger partial charge in [0.1, 0.15) is 0 Å². The van der Waals surface area contributed by atoms with E-state index < -0.39 is 5.97 Å². The van der Waals surface area contributed by atoms with Gasteiger partial charge in [-0.05, 0) is 12.8 Å². The van der Waals surface area contributed by atoms with Crippen LogP contribution in [0.15, 0.2) is 11.8 Å². The predicted molar refractivity (Wildman–Crippen MR) is 56.0 cm³/mol. The molecule has 0 heterocycles. The smallest absolute Gasteiger partial charge is 0.334 e. The predicted octanol–water partition coefficient (Wildman–Crippen LogP) is 2.82. The zero-order valence-electron chi connectivity index (χ0n) is 9.25. The average molecular weight is 200 g/mol. The summed E-state index contributed by atoms with van der Waals surface area (Å²) in [6.07, 6.45) is 3.86. The lowest BCUT2D eigenvalue weighted by Gasteiger charge is -2.08. The van der Waals surface area contributed by atoms with Gasteiger partial charge in [0, 0.05) is 6.42 Å². The summed E-state index contributed by atoms with van der Waals surface area (Å²) >= 11 is 0. The minimum absolute atomic E-state index is 0.115. The largest absolute Gasteiger partial charge is 0.512 e. The van der Waals surface area contributed by atoms with Gasteiger partial charge in [0.15, 0.2) is 0 Å². The van der Waals surface area contributed by atoms with Crippen molar-refractivity contribution in [3.63, 3.8) is 0 Å². The van der Waals surface area contributed by atoms with Gasteiger partial charge in [-0.1, -0.05) is 26.7 Å². The molecule has 0 saturated heterocycles. The van der Waals surface area contributed by atoms with Crippen LogP contribution in [0.1, 0.15) is 40.0 Å². The van der Waals surface area contributed by atoms with Crippen LogP contribution in [0.2, 0.25) is 0 Å². The molecule has 3 heteroatoms. The number of hydrogen-bond donors (Lipinski definition) is 1. The molecule has 0 rings (SSSR count). The topological polar surface area (TPSA) is 46.5 Å². The van der Waals surface area contributed by atoms with Crippen molar-refractivity contribution in [1.29, 1.82) is 0 Å². The third kappa shape index (κ3) is 6.52. The summed E-state index contributed by atoms with van der Waals surface area (Å²) in [5.74, 6) is 0.0591. The van der Waals surface area contributed by atoms with E-state index in [1.54, 1.807) is 6.92 Å². The number of rotatable bonds is 6. The number of aliphatic hydroxyl groups is 1. The van der Waals surface area contributed by atoms with Gasteiger partial charge < -0.3 is 9.84 Å². The summed E-state index contributed by atoms with van der Waals surface area (Å²) in [5, 5.41) is 9.40. The van der Waals surface area contributed by atoms with E-state index in [0.29, 0.717) is 18.9 Å². The van der Waals surface area contributed by atoms with Crippen molar-refractivity contribution in [3.05, 3.63) is 11.8 Å². The molecule has 0 aliphatic carbocycles. The second-order valence-corrected chi connectivity index (χ2v) is 3.49. The van der Waals surface area contributed by atoms with Crippen molar-refractivity contribution in [2.24, 2.45) is 5.92 Å². The van der Waals surface area contributed by atoms with E-state index in [1.807, 2.05) is 0 Å². The van der Waals surface area contributed by atoms with Crippen molar-refractivity contribution < 1.29 is 14.6 Å². The molecule has 0 aromatic carbocycles. The molecule has 14 heavy (non-hydrogen) atoms. The van der Waals surface area contributed by atoms with Crippen LogP contribution in [-0.4, -0.2) is 17.7 Å². The molecule has 0 radical (unpaired) electrons. The summed E-state index contributed by atoms with van der Waals surface area (Å²) in [6, 6.07) is 0.